The summed E-state index contributed by atoms with van der Waals surface area (Å²) in [5.74, 6) is -0.829. The molecule has 0 saturated carbocycles. The number of hydrogen-bond acceptors (Lipinski definition) is 9. The van der Waals surface area contributed by atoms with E-state index in [2.05, 4.69) is 104 Å². The van der Waals surface area contributed by atoms with Gasteiger partial charge >= 0.3 is 11.9 Å². The minimum atomic E-state index is -1.60. The summed E-state index contributed by atoms with van der Waals surface area (Å²) in [6.07, 6.45) is 3.15. The second kappa shape index (κ2) is 14.9. The molecule has 0 bridgehead atoms. The van der Waals surface area contributed by atoms with E-state index in [-0.39, 0.29) is 29.4 Å². The van der Waals surface area contributed by atoms with Gasteiger partial charge in [0.2, 0.25) is 0 Å². The summed E-state index contributed by atoms with van der Waals surface area (Å²) in [7, 11) is 3.35. The van der Waals surface area contributed by atoms with Gasteiger partial charge in [0.25, 0.3) is 0 Å². The van der Waals surface area contributed by atoms with E-state index in [1.807, 2.05) is 22.3 Å². The summed E-state index contributed by atoms with van der Waals surface area (Å²) in [4.78, 5) is 41.7. The number of esters is 2. The van der Waals surface area contributed by atoms with Crippen molar-refractivity contribution in [3.8, 4) is 5.75 Å². The summed E-state index contributed by atoms with van der Waals surface area (Å²) in [5, 5.41) is 15.5. The third-order valence-electron chi connectivity index (χ3n) is 11.1. The Labute approximate surface area is 310 Å². The van der Waals surface area contributed by atoms with Crippen LogP contribution < -0.4 is 0 Å². The molecule has 2 saturated heterocycles. The van der Waals surface area contributed by atoms with E-state index < -0.39 is 51.7 Å². The molecule has 9 nitrogen and oxygen atoms in total. The normalized spacial score (nSPS) is 21.7. The largest absolute Gasteiger partial charge is 0.507 e. The lowest BCUT2D eigenvalue weighted by atomic mass is 9.73. The first-order valence-corrected chi connectivity index (χ1v) is 19.1. The number of nitrogens with zero attached hydrogens (tertiary/aromatic N) is 2. The molecule has 3 rings (SSSR count). The smallest absolute Gasteiger partial charge is 0.324 e. The molecule has 1 N–H and O–H groups in total. The number of phenols is 1. The molecule has 0 unspecified atom stereocenters. The molecule has 2 aliphatic rings. The van der Waals surface area contributed by atoms with Crippen molar-refractivity contribution < 1.29 is 33.8 Å². The van der Waals surface area contributed by atoms with Gasteiger partial charge in [0.1, 0.15) is 18.0 Å². The maximum atomic E-state index is 15.0. The topological polar surface area (TPSA) is 97.8 Å². The maximum Gasteiger partial charge on any atom is 0.324 e. The maximum absolute atomic E-state index is 15.0. The zero-order valence-electron chi connectivity index (χ0n) is 35.3. The molecule has 2 fully saturated rings. The van der Waals surface area contributed by atoms with Crippen molar-refractivity contribution in [3.05, 3.63) is 28.8 Å². The number of ether oxygens (including phenoxy) is 2. The van der Waals surface area contributed by atoms with Gasteiger partial charge in [-0.05, 0) is 95.8 Å². The van der Waals surface area contributed by atoms with E-state index in [0.29, 0.717) is 32.1 Å². The van der Waals surface area contributed by atoms with Gasteiger partial charge in [-0.2, -0.15) is 10.1 Å². The van der Waals surface area contributed by atoms with Crippen LogP contribution in [0.1, 0.15) is 165 Å². The average molecular weight is 717 g/mol. The lowest BCUT2D eigenvalue weighted by molar-refractivity contribution is -0.280. The molecule has 1 aromatic rings. The first-order valence-electron chi connectivity index (χ1n) is 19.1. The minimum Gasteiger partial charge on any atom is -0.507 e. The predicted octanol–water partition coefficient (Wildman–Crippen LogP) is 8.96. The third-order valence-corrected chi connectivity index (χ3v) is 11.1. The van der Waals surface area contributed by atoms with Crippen LogP contribution in [0.4, 0.5) is 0 Å². The number of hydroxylamine groups is 4. The molecular weight excluding hydrogens is 644 g/mol. The number of hydrogen-bond donors (Lipinski definition) is 1. The highest BCUT2D eigenvalue weighted by molar-refractivity contribution is 6.00. The number of carbonyl (C=O) groups is 2. The molecule has 2 aliphatic heterocycles. The summed E-state index contributed by atoms with van der Waals surface area (Å²) in [6, 6.07) is 3.94. The van der Waals surface area contributed by atoms with E-state index in [0.717, 1.165) is 23.1 Å². The lowest BCUT2D eigenvalue weighted by Gasteiger charge is -2.53. The van der Waals surface area contributed by atoms with Crippen LogP contribution in [-0.2, 0) is 46.0 Å². The quantitative estimate of drug-likeness (QED) is 0.178. The number of phenolic OH excluding ortho intramolecular Hbond substituents is 1. The Balaban J connectivity index is 2.20. The lowest BCUT2D eigenvalue weighted by Crippen LogP contribution is -2.62. The van der Waals surface area contributed by atoms with Crippen molar-refractivity contribution in [3.63, 3.8) is 0 Å². The monoisotopic (exact) mass is 717 g/mol. The fourth-order valence-electron chi connectivity index (χ4n) is 9.31. The molecule has 0 amide bonds. The Kier molecular flexibility index (Phi) is 12.6. The van der Waals surface area contributed by atoms with E-state index >= 15 is 9.59 Å². The summed E-state index contributed by atoms with van der Waals surface area (Å²) in [6.45, 7) is 31.2. The van der Waals surface area contributed by atoms with Gasteiger partial charge in [-0.1, -0.05) is 73.4 Å². The van der Waals surface area contributed by atoms with Crippen LogP contribution >= 0.6 is 0 Å². The highest BCUT2D eigenvalue weighted by atomic mass is 16.7. The first-order chi connectivity index (χ1) is 23.1. The molecule has 51 heavy (non-hydrogen) atoms. The van der Waals surface area contributed by atoms with Crippen LogP contribution in [-0.4, -0.2) is 75.8 Å². The van der Waals surface area contributed by atoms with E-state index in [4.69, 9.17) is 19.1 Å². The van der Waals surface area contributed by atoms with Gasteiger partial charge in [-0.15, -0.1) is 0 Å². The summed E-state index contributed by atoms with van der Waals surface area (Å²) in [5.41, 5.74) is -1.67. The Hall–Kier alpha value is -2.20. The minimum absolute atomic E-state index is 0.102. The van der Waals surface area contributed by atoms with Crippen molar-refractivity contribution >= 4 is 11.9 Å². The van der Waals surface area contributed by atoms with Gasteiger partial charge in [-0.3, -0.25) is 9.59 Å². The zero-order valence-corrected chi connectivity index (χ0v) is 35.3. The van der Waals surface area contributed by atoms with Crippen molar-refractivity contribution in [2.24, 2.45) is 5.41 Å². The van der Waals surface area contributed by atoms with E-state index in [9.17, 15) is 5.11 Å². The molecule has 9 heteroatoms. The second-order valence-corrected chi connectivity index (χ2v) is 20.0. The molecule has 0 atom stereocenters. The van der Waals surface area contributed by atoms with Crippen LogP contribution in [0.5, 0.6) is 5.75 Å². The van der Waals surface area contributed by atoms with Crippen LogP contribution in [0.25, 0.3) is 0 Å². The molecule has 2 heterocycles. The number of rotatable bonds is 11. The van der Waals surface area contributed by atoms with Gasteiger partial charge < -0.3 is 24.3 Å². The molecule has 0 aliphatic carbocycles. The van der Waals surface area contributed by atoms with Crippen LogP contribution in [0.2, 0.25) is 0 Å². The van der Waals surface area contributed by atoms with Crippen molar-refractivity contribution in [1.82, 2.24) is 10.1 Å². The highest BCUT2D eigenvalue weighted by Gasteiger charge is 2.55. The molecular formula is C42H72N2O7. The number of benzene rings is 1. The molecule has 0 aromatic heterocycles. The number of aromatic hydroxyl groups is 1. The van der Waals surface area contributed by atoms with Gasteiger partial charge in [0.15, 0.2) is 5.41 Å². The standard InChI is InChI=1S/C42H72N2O7/c1-18-19-20-42(34(46)50-29-24-38(8,9)43(48-16)39(10,11)25-29,35(47)51-30-26-40(12,13)44(49-17)41(14,15)27-30)23-28-21-31(36(2,3)4)33(45)32(22-28)37(5,6)7/h21-22,29-30,45H,18-20,23-27H2,1-17H3. The summed E-state index contributed by atoms with van der Waals surface area (Å²) >= 11 is 0. The third kappa shape index (κ3) is 9.31. The van der Waals surface area contributed by atoms with Gasteiger partial charge in [0, 0.05) is 47.8 Å². The fourth-order valence-corrected chi connectivity index (χ4v) is 9.31. The Morgan fingerprint density at radius 2 is 1.04 bits per heavy atom. The Bertz CT molecular complexity index is 1270. The SMILES string of the molecule is CCCCC(Cc1cc(C(C)(C)C)c(O)c(C(C)(C)C)c1)(C(=O)OC1CC(C)(C)N(OC)C(C)(C)C1)C(=O)OC1CC(C)(C)N(OC)C(C)(C)C1. The Morgan fingerprint density at radius 3 is 1.31 bits per heavy atom. The van der Waals surface area contributed by atoms with E-state index in [1.54, 1.807) is 14.2 Å². The first kappa shape index (κ1) is 43.2. The van der Waals surface area contributed by atoms with Crippen molar-refractivity contribution in [2.75, 3.05) is 14.2 Å². The van der Waals surface area contributed by atoms with Crippen LogP contribution in [0.3, 0.4) is 0 Å². The second-order valence-electron chi connectivity index (χ2n) is 20.0. The summed E-state index contributed by atoms with van der Waals surface area (Å²) < 4.78 is 13.1. The van der Waals surface area contributed by atoms with E-state index in [1.165, 1.54) is 0 Å². The van der Waals surface area contributed by atoms with Crippen LogP contribution in [0, 0.1) is 5.41 Å². The Morgan fingerprint density at radius 1 is 0.706 bits per heavy atom. The molecule has 292 valence electrons. The predicted molar refractivity (Wildman–Crippen MR) is 203 cm³/mol. The number of carbonyl (C=O) groups excluding carboxylic acids is 2. The fraction of sp³-hybridized carbons (Fsp3) is 0.810. The number of piperidine rings is 2. The zero-order chi connectivity index (χ0) is 39.2. The number of unbranched alkanes of at least 4 members (excludes halogenated alkanes) is 1. The van der Waals surface area contributed by atoms with Crippen molar-refractivity contribution in [2.45, 2.75) is 200 Å². The van der Waals surface area contributed by atoms with Crippen LogP contribution in [0.15, 0.2) is 12.1 Å². The average Bonchev–Trinajstić information content (AvgIpc) is 2.92. The molecule has 0 spiro atoms. The van der Waals surface area contributed by atoms with Gasteiger partial charge in [-0.25, -0.2) is 0 Å². The highest BCUT2D eigenvalue weighted by Crippen LogP contribution is 2.46. The molecule has 0 radical (unpaired) electrons. The van der Waals surface area contributed by atoms with Crippen molar-refractivity contribution in [1.29, 1.82) is 0 Å². The van der Waals surface area contributed by atoms with Gasteiger partial charge in [0.05, 0.1) is 14.2 Å². The molecule has 1 aromatic carbocycles.